The van der Waals surface area contributed by atoms with Crippen LogP contribution in [-0.2, 0) is 13.6 Å². The van der Waals surface area contributed by atoms with Crippen LogP contribution in [0.4, 0.5) is 0 Å². The minimum absolute atomic E-state index is 0.292. The molecule has 1 N–H and O–H groups in total. The van der Waals surface area contributed by atoms with E-state index in [2.05, 4.69) is 50.6 Å². The lowest BCUT2D eigenvalue weighted by Gasteiger charge is -2.22. The Kier molecular flexibility index (Phi) is 5.07. The third-order valence-electron chi connectivity index (χ3n) is 2.90. The molecular formula is C13H25N3S. The molecule has 0 aliphatic carbocycles. The average molecular weight is 255 g/mol. The Morgan fingerprint density at radius 2 is 2.12 bits per heavy atom. The lowest BCUT2D eigenvalue weighted by atomic mass is 10.1. The second kappa shape index (κ2) is 5.91. The van der Waals surface area contributed by atoms with Gasteiger partial charge in [-0.1, -0.05) is 13.8 Å². The molecule has 1 aromatic rings. The van der Waals surface area contributed by atoms with Crippen LogP contribution in [0.3, 0.4) is 0 Å². The SMILES string of the molecule is CSC(C)(C)CNCc1cn(C)nc1C(C)C. The fraction of sp³-hybridized carbons (Fsp3) is 0.769. The lowest BCUT2D eigenvalue weighted by molar-refractivity contribution is 0.587. The van der Waals surface area contributed by atoms with Crippen LogP contribution in [0.15, 0.2) is 6.20 Å². The van der Waals surface area contributed by atoms with E-state index in [1.807, 2.05) is 23.5 Å². The van der Waals surface area contributed by atoms with Gasteiger partial charge in [0.25, 0.3) is 0 Å². The van der Waals surface area contributed by atoms with E-state index in [1.165, 1.54) is 11.3 Å². The molecule has 1 aromatic heterocycles. The van der Waals surface area contributed by atoms with Crippen molar-refractivity contribution in [2.75, 3.05) is 12.8 Å². The predicted octanol–water partition coefficient (Wildman–Crippen LogP) is 2.77. The number of aromatic nitrogens is 2. The second-order valence-corrected chi connectivity index (χ2v) is 6.95. The highest BCUT2D eigenvalue weighted by molar-refractivity contribution is 7.99. The van der Waals surface area contributed by atoms with Gasteiger partial charge >= 0.3 is 0 Å². The molecule has 0 saturated heterocycles. The molecule has 0 fully saturated rings. The first-order valence-electron chi connectivity index (χ1n) is 6.14. The zero-order valence-electron chi connectivity index (χ0n) is 11.9. The first kappa shape index (κ1) is 14.6. The summed E-state index contributed by atoms with van der Waals surface area (Å²) in [5.74, 6) is 0.488. The number of hydrogen-bond acceptors (Lipinski definition) is 3. The van der Waals surface area contributed by atoms with Gasteiger partial charge in [-0.05, 0) is 26.0 Å². The Hall–Kier alpha value is -0.480. The maximum atomic E-state index is 4.52. The quantitative estimate of drug-likeness (QED) is 0.847. The van der Waals surface area contributed by atoms with E-state index in [4.69, 9.17) is 0 Å². The van der Waals surface area contributed by atoms with Crippen molar-refractivity contribution >= 4 is 11.8 Å². The third-order valence-corrected chi connectivity index (χ3v) is 4.15. The molecular weight excluding hydrogens is 230 g/mol. The van der Waals surface area contributed by atoms with Gasteiger partial charge in [0.1, 0.15) is 0 Å². The van der Waals surface area contributed by atoms with Crippen LogP contribution in [0.2, 0.25) is 0 Å². The average Bonchev–Trinajstić information content (AvgIpc) is 2.60. The first-order valence-corrected chi connectivity index (χ1v) is 7.36. The number of hydrogen-bond donors (Lipinski definition) is 1. The maximum absolute atomic E-state index is 4.52. The van der Waals surface area contributed by atoms with Gasteiger partial charge in [-0.3, -0.25) is 4.68 Å². The fourth-order valence-corrected chi connectivity index (χ4v) is 1.99. The van der Waals surface area contributed by atoms with Gasteiger partial charge in [0, 0.05) is 36.6 Å². The number of aryl methyl sites for hydroxylation is 1. The van der Waals surface area contributed by atoms with Crippen molar-refractivity contribution < 1.29 is 0 Å². The molecule has 0 aromatic carbocycles. The van der Waals surface area contributed by atoms with Crippen LogP contribution >= 0.6 is 11.8 Å². The summed E-state index contributed by atoms with van der Waals surface area (Å²) in [4.78, 5) is 0. The van der Waals surface area contributed by atoms with Crippen molar-refractivity contribution in [1.29, 1.82) is 0 Å². The largest absolute Gasteiger partial charge is 0.311 e. The van der Waals surface area contributed by atoms with E-state index in [1.54, 1.807) is 0 Å². The molecule has 0 saturated carbocycles. The van der Waals surface area contributed by atoms with Crippen LogP contribution in [0.1, 0.15) is 44.9 Å². The highest BCUT2D eigenvalue weighted by Gasteiger charge is 2.16. The molecule has 98 valence electrons. The van der Waals surface area contributed by atoms with Gasteiger partial charge in [-0.2, -0.15) is 16.9 Å². The number of nitrogens with zero attached hydrogens (tertiary/aromatic N) is 2. The molecule has 0 radical (unpaired) electrons. The molecule has 4 heteroatoms. The topological polar surface area (TPSA) is 29.9 Å². The summed E-state index contributed by atoms with van der Waals surface area (Å²) in [5.41, 5.74) is 2.53. The predicted molar refractivity (Wildman–Crippen MR) is 76.6 cm³/mol. The summed E-state index contributed by atoms with van der Waals surface area (Å²) in [5, 5.41) is 8.04. The van der Waals surface area contributed by atoms with Gasteiger partial charge in [0.05, 0.1) is 5.69 Å². The van der Waals surface area contributed by atoms with Crippen molar-refractivity contribution in [2.45, 2.75) is 44.9 Å². The van der Waals surface area contributed by atoms with Crippen LogP contribution < -0.4 is 5.32 Å². The minimum Gasteiger partial charge on any atom is -0.311 e. The van der Waals surface area contributed by atoms with Crippen molar-refractivity contribution in [3.63, 3.8) is 0 Å². The molecule has 0 spiro atoms. The van der Waals surface area contributed by atoms with Gasteiger partial charge in [-0.25, -0.2) is 0 Å². The Morgan fingerprint density at radius 1 is 1.47 bits per heavy atom. The Labute approximate surface area is 109 Å². The second-order valence-electron chi connectivity index (χ2n) is 5.44. The van der Waals surface area contributed by atoms with Crippen LogP contribution in [0.25, 0.3) is 0 Å². The molecule has 0 amide bonds. The molecule has 3 nitrogen and oxygen atoms in total. The van der Waals surface area contributed by atoms with Crippen molar-refractivity contribution in [3.8, 4) is 0 Å². The summed E-state index contributed by atoms with van der Waals surface area (Å²) in [6.45, 7) is 10.8. The number of rotatable bonds is 6. The summed E-state index contributed by atoms with van der Waals surface area (Å²) in [6, 6.07) is 0. The summed E-state index contributed by atoms with van der Waals surface area (Å²) < 4.78 is 2.20. The standard InChI is InChI=1S/C13H25N3S/c1-10(2)12-11(8-16(5)15-12)7-14-9-13(3,4)17-6/h8,10,14H,7,9H2,1-6H3. The minimum atomic E-state index is 0.292. The smallest absolute Gasteiger partial charge is 0.0694 e. The van der Waals surface area contributed by atoms with Crippen molar-refractivity contribution in [3.05, 3.63) is 17.5 Å². The number of thioether (sulfide) groups is 1. The van der Waals surface area contributed by atoms with Gasteiger partial charge in [-0.15, -0.1) is 0 Å². The van der Waals surface area contributed by atoms with Crippen molar-refractivity contribution in [2.24, 2.45) is 7.05 Å². The summed E-state index contributed by atoms with van der Waals surface area (Å²) in [6.07, 6.45) is 4.28. The highest BCUT2D eigenvalue weighted by atomic mass is 32.2. The van der Waals surface area contributed by atoms with Gasteiger partial charge in [0.2, 0.25) is 0 Å². The van der Waals surface area contributed by atoms with Crippen molar-refractivity contribution in [1.82, 2.24) is 15.1 Å². The lowest BCUT2D eigenvalue weighted by Crippen LogP contribution is -2.31. The van der Waals surface area contributed by atoms with Crippen LogP contribution in [0.5, 0.6) is 0 Å². The highest BCUT2D eigenvalue weighted by Crippen LogP contribution is 2.21. The molecule has 1 heterocycles. The molecule has 0 aliphatic rings. The Bertz CT molecular complexity index is 356. The first-order chi connectivity index (χ1) is 7.85. The summed E-state index contributed by atoms with van der Waals surface area (Å²) in [7, 11) is 1.99. The molecule has 0 unspecified atom stereocenters. The third kappa shape index (κ3) is 4.36. The molecule has 17 heavy (non-hydrogen) atoms. The fourth-order valence-electron chi connectivity index (χ4n) is 1.75. The summed E-state index contributed by atoms with van der Waals surface area (Å²) >= 11 is 1.89. The van der Waals surface area contributed by atoms with Crippen LogP contribution in [-0.4, -0.2) is 27.3 Å². The molecule has 0 aliphatic heterocycles. The monoisotopic (exact) mass is 255 g/mol. The van der Waals surface area contributed by atoms with E-state index >= 15 is 0 Å². The van der Waals surface area contributed by atoms with E-state index < -0.39 is 0 Å². The van der Waals surface area contributed by atoms with Gasteiger partial charge in [0.15, 0.2) is 0 Å². The van der Waals surface area contributed by atoms with E-state index in [-0.39, 0.29) is 0 Å². The molecule has 1 rings (SSSR count). The normalized spacial score (nSPS) is 12.4. The molecule has 0 bridgehead atoms. The molecule has 0 atom stereocenters. The van der Waals surface area contributed by atoms with Gasteiger partial charge < -0.3 is 5.32 Å². The van der Waals surface area contributed by atoms with E-state index in [0.717, 1.165) is 13.1 Å². The van der Waals surface area contributed by atoms with Crippen LogP contribution in [0, 0.1) is 0 Å². The van der Waals surface area contributed by atoms with E-state index in [0.29, 0.717) is 10.7 Å². The zero-order valence-corrected chi connectivity index (χ0v) is 12.7. The Morgan fingerprint density at radius 3 is 2.65 bits per heavy atom. The zero-order chi connectivity index (χ0) is 13.1. The number of nitrogens with one attached hydrogen (secondary N) is 1. The van der Waals surface area contributed by atoms with E-state index in [9.17, 15) is 0 Å². The Balaban J connectivity index is 2.57. The maximum Gasteiger partial charge on any atom is 0.0694 e.